The van der Waals surface area contributed by atoms with Crippen molar-refractivity contribution in [3.05, 3.63) is 48.7 Å². The molecular weight excluding hydrogens is 295 g/mol. The summed E-state index contributed by atoms with van der Waals surface area (Å²) in [6, 6.07) is 6.51. The van der Waals surface area contributed by atoms with Crippen LogP contribution in [0, 0.1) is 5.82 Å². The summed E-state index contributed by atoms with van der Waals surface area (Å²) in [6.07, 6.45) is 7.28. The molecule has 4 nitrogen and oxygen atoms in total. The minimum absolute atomic E-state index is 0.274. The van der Waals surface area contributed by atoms with Gasteiger partial charge in [-0.3, -0.25) is 4.31 Å². The van der Waals surface area contributed by atoms with E-state index in [2.05, 4.69) is 14.7 Å². The lowest BCUT2D eigenvalue weighted by Gasteiger charge is -2.17. The van der Waals surface area contributed by atoms with Gasteiger partial charge in [-0.15, -0.1) is 0 Å². The smallest absolute Gasteiger partial charge is 0.187 e. The average Bonchev–Trinajstić information content (AvgIpc) is 3.01. The summed E-state index contributed by atoms with van der Waals surface area (Å²) in [7, 11) is 0. The molecule has 0 radical (unpaired) electrons. The Morgan fingerprint density at radius 2 is 2.25 bits per heavy atom. The van der Waals surface area contributed by atoms with Crippen LogP contribution in [0.3, 0.4) is 0 Å². The molecule has 1 aliphatic rings. The third-order valence-corrected chi connectivity index (χ3v) is 4.04. The highest BCUT2D eigenvalue weighted by atomic mass is 32.2. The Kier molecular flexibility index (Phi) is 3.79. The first kappa shape index (κ1) is 13.3. The number of nitrogens with one attached hydrogen (secondary N) is 1. The number of thioether (sulfide) groups is 1. The standard InChI is InChI=1S/C13H11FN4S2/c1-19-13-15-5-4-11(17-13)10-3-2-9(14)8-12(10)18-7-6-16-20-18/h2-8,16H,1H3. The van der Waals surface area contributed by atoms with Crippen molar-refractivity contribution in [3.8, 4) is 11.3 Å². The van der Waals surface area contributed by atoms with Crippen LogP contribution >= 0.6 is 23.9 Å². The summed E-state index contributed by atoms with van der Waals surface area (Å²) in [4.78, 5) is 8.63. The second kappa shape index (κ2) is 5.72. The van der Waals surface area contributed by atoms with Crippen LogP contribution in [0.15, 0.2) is 48.0 Å². The van der Waals surface area contributed by atoms with Crippen LogP contribution in [0.5, 0.6) is 0 Å². The highest BCUT2D eigenvalue weighted by Crippen LogP contribution is 2.35. The van der Waals surface area contributed by atoms with Crippen LogP contribution in [0.4, 0.5) is 10.1 Å². The molecule has 3 rings (SSSR count). The Hall–Kier alpha value is -1.73. The third kappa shape index (κ3) is 2.59. The average molecular weight is 306 g/mol. The lowest BCUT2D eigenvalue weighted by atomic mass is 10.1. The van der Waals surface area contributed by atoms with Crippen molar-refractivity contribution < 1.29 is 4.39 Å². The molecule has 2 heterocycles. The van der Waals surface area contributed by atoms with E-state index in [0.717, 1.165) is 16.9 Å². The van der Waals surface area contributed by atoms with Crippen LogP contribution in [-0.2, 0) is 0 Å². The summed E-state index contributed by atoms with van der Waals surface area (Å²) in [5, 5.41) is 0.695. The van der Waals surface area contributed by atoms with Gasteiger partial charge in [0.25, 0.3) is 0 Å². The molecule has 102 valence electrons. The van der Waals surface area contributed by atoms with Crippen molar-refractivity contribution in [2.24, 2.45) is 0 Å². The van der Waals surface area contributed by atoms with Crippen LogP contribution < -0.4 is 9.03 Å². The van der Waals surface area contributed by atoms with Gasteiger partial charge in [0, 0.05) is 24.2 Å². The molecule has 0 saturated heterocycles. The van der Waals surface area contributed by atoms with E-state index in [1.54, 1.807) is 18.5 Å². The Bertz CT molecular complexity index is 663. The van der Waals surface area contributed by atoms with Gasteiger partial charge in [0.2, 0.25) is 0 Å². The van der Waals surface area contributed by atoms with Gasteiger partial charge < -0.3 is 4.72 Å². The van der Waals surface area contributed by atoms with Gasteiger partial charge in [0.15, 0.2) is 5.16 Å². The van der Waals surface area contributed by atoms with Crippen molar-refractivity contribution in [1.82, 2.24) is 14.7 Å². The van der Waals surface area contributed by atoms with Crippen molar-refractivity contribution in [2.45, 2.75) is 5.16 Å². The van der Waals surface area contributed by atoms with E-state index in [-0.39, 0.29) is 5.82 Å². The predicted molar refractivity (Wildman–Crippen MR) is 81.6 cm³/mol. The molecular formula is C13H11FN4S2. The van der Waals surface area contributed by atoms with E-state index >= 15 is 0 Å². The normalized spacial score (nSPS) is 13.6. The van der Waals surface area contributed by atoms with Gasteiger partial charge in [-0.1, -0.05) is 11.8 Å². The minimum Gasteiger partial charge on any atom is -0.317 e. The maximum Gasteiger partial charge on any atom is 0.187 e. The van der Waals surface area contributed by atoms with Crippen molar-refractivity contribution >= 4 is 29.6 Å². The van der Waals surface area contributed by atoms with Gasteiger partial charge in [-0.05, 0) is 30.5 Å². The number of hydrogen-bond donors (Lipinski definition) is 1. The maximum atomic E-state index is 13.5. The molecule has 1 aromatic heterocycles. The first-order valence-corrected chi connectivity index (χ1v) is 7.83. The maximum absolute atomic E-state index is 13.5. The van der Waals surface area contributed by atoms with E-state index < -0.39 is 0 Å². The summed E-state index contributed by atoms with van der Waals surface area (Å²) in [5.41, 5.74) is 2.40. The van der Waals surface area contributed by atoms with Crippen LogP contribution in [0.1, 0.15) is 0 Å². The lowest BCUT2D eigenvalue weighted by Crippen LogP contribution is -2.06. The molecule has 0 amide bonds. The summed E-state index contributed by atoms with van der Waals surface area (Å²) in [5.74, 6) is -0.274. The molecule has 1 N–H and O–H groups in total. The SMILES string of the molecule is CSc1nccc(-c2ccc(F)cc2N2C=CNS2)n1. The predicted octanol–water partition coefficient (Wildman–Crippen LogP) is 3.45. The summed E-state index contributed by atoms with van der Waals surface area (Å²) < 4.78 is 18.4. The molecule has 0 aliphatic carbocycles. The molecule has 0 spiro atoms. The monoisotopic (exact) mass is 306 g/mol. The molecule has 0 fully saturated rings. The van der Waals surface area contributed by atoms with Gasteiger partial charge in [0.05, 0.1) is 23.5 Å². The number of aromatic nitrogens is 2. The van der Waals surface area contributed by atoms with E-state index in [9.17, 15) is 4.39 Å². The number of anilines is 1. The zero-order valence-electron chi connectivity index (χ0n) is 10.6. The molecule has 1 aliphatic heterocycles. The highest BCUT2D eigenvalue weighted by molar-refractivity contribution is 7.99. The van der Waals surface area contributed by atoms with Crippen molar-refractivity contribution in [3.63, 3.8) is 0 Å². The summed E-state index contributed by atoms with van der Waals surface area (Å²) >= 11 is 2.86. The fraction of sp³-hybridized carbons (Fsp3) is 0.0769. The molecule has 0 bridgehead atoms. The van der Waals surface area contributed by atoms with Crippen molar-refractivity contribution in [2.75, 3.05) is 10.6 Å². The second-order valence-corrected chi connectivity index (χ2v) is 5.53. The number of halogens is 1. The van der Waals surface area contributed by atoms with E-state index in [1.165, 1.54) is 36.0 Å². The number of nitrogens with zero attached hydrogens (tertiary/aromatic N) is 3. The Morgan fingerprint density at radius 3 is 3.00 bits per heavy atom. The largest absolute Gasteiger partial charge is 0.317 e. The van der Waals surface area contributed by atoms with E-state index in [0.29, 0.717) is 5.16 Å². The summed E-state index contributed by atoms with van der Waals surface area (Å²) in [6.45, 7) is 0. The lowest BCUT2D eigenvalue weighted by molar-refractivity contribution is 0.628. The van der Waals surface area contributed by atoms with Gasteiger partial charge in [-0.2, -0.15) is 0 Å². The minimum atomic E-state index is -0.274. The molecule has 20 heavy (non-hydrogen) atoms. The molecule has 0 atom stereocenters. The number of rotatable bonds is 3. The zero-order valence-corrected chi connectivity index (χ0v) is 12.2. The van der Waals surface area contributed by atoms with Gasteiger partial charge in [-0.25, -0.2) is 14.4 Å². The fourth-order valence-corrected chi connectivity index (χ4v) is 2.80. The molecule has 1 aromatic carbocycles. The first-order valence-electron chi connectivity index (χ1n) is 5.83. The Balaban J connectivity index is 2.10. The Morgan fingerprint density at radius 1 is 1.35 bits per heavy atom. The fourth-order valence-electron chi connectivity index (χ4n) is 1.84. The van der Waals surface area contributed by atoms with Gasteiger partial charge >= 0.3 is 0 Å². The van der Waals surface area contributed by atoms with E-state index in [4.69, 9.17) is 0 Å². The first-order chi connectivity index (χ1) is 9.78. The molecule has 0 saturated carbocycles. The topological polar surface area (TPSA) is 41.1 Å². The third-order valence-electron chi connectivity index (χ3n) is 2.72. The van der Waals surface area contributed by atoms with Crippen LogP contribution in [0.2, 0.25) is 0 Å². The number of benzene rings is 1. The zero-order chi connectivity index (χ0) is 13.9. The van der Waals surface area contributed by atoms with E-state index in [1.807, 2.05) is 22.8 Å². The molecule has 0 unspecified atom stereocenters. The molecule has 2 aromatic rings. The highest BCUT2D eigenvalue weighted by Gasteiger charge is 2.16. The quantitative estimate of drug-likeness (QED) is 0.532. The Labute approximate surface area is 124 Å². The van der Waals surface area contributed by atoms with Crippen molar-refractivity contribution in [1.29, 1.82) is 0 Å². The van der Waals surface area contributed by atoms with Gasteiger partial charge in [0.1, 0.15) is 5.82 Å². The number of hydrogen-bond acceptors (Lipinski definition) is 6. The molecule has 7 heteroatoms. The van der Waals surface area contributed by atoms with Crippen LogP contribution in [0.25, 0.3) is 11.3 Å². The second-order valence-electron chi connectivity index (χ2n) is 3.94. The van der Waals surface area contributed by atoms with Crippen LogP contribution in [-0.4, -0.2) is 16.2 Å².